The molecule has 18 heavy (non-hydrogen) atoms. The molecule has 0 fully saturated rings. The van der Waals surface area contributed by atoms with E-state index in [1.54, 1.807) is 13.3 Å². The quantitative estimate of drug-likeness (QED) is 0.735. The van der Waals surface area contributed by atoms with E-state index in [0.29, 0.717) is 6.04 Å². The lowest BCUT2D eigenvalue weighted by atomic mass is 10.0. The SMILES string of the molecule is CCCNC(CCC)CCc1c(OC)cnn1C. The molecule has 104 valence electrons. The molecular weight excluding hydrogens is 226 g/mol. The second-order valence-electron chi connectivity index (χ2n) is 4.76. The van der Waals surface area contributed by atoms with Gasteiger partial charge in [0.15, 0.2) is 5.75 Å². The van der Waals surface area contributed by atoms with Gasteiger partial charge in [-0.05, 0) is 32.2 Å². The lowest BCUT2D eigenvalue weighted by molar-refractivity contribution is 0.400. The second kappa shape index (κ2) is 8.14. The number of ether oxygens (including phenoxy) is 1. The molecule has 0 aliphatic carbocycles. The first-order chi connectivity index (χ1) is 8.72. The van der Waals surface area contributed by atoms with Gasteiger partial charge in [0, 0.05) is 13.1 Å². The van der Waals surface area contributed by atoms with Crippen LogP contribution >= 0.6 is 0 Å². The normalized spacial score (nSPS) is 12.7. The Hall–Kier alpha value is -1.03. The Labute approximate surface area is 111 Å². The van der Waals surface area contributed by atoms with Crippen molar-refractivity contribution in [3.8, 4) is 5.75 Å². The van der Waals surface area contributed by atoms with Gasteiger partial charge in [-0.15, -0.1) is 0 Å². The molecule has 1 heterocycles. The van der Waals surface area contributed by atoms with Crippen LogP contribution in [0, 0.1) is 0 Å². The van der Waals surface area contributed by atoms with Gasteiger partial charge < -0.3 is 10.1 Å². The summed E-state index contributed by atoms with van der Waals surface area (Å²) in [6.45, 7) is 5.55. The topological polar surface area (TPSA) is 39.1 Å². The molecule has 4 heteroatoms. The summed E-state index contributed by atoms with van der Waals surface area (Å²) >= 11 is 0. The molecular formula is C14H27N3O. The highest BCUT2D eigenvalue weighted by molar-refractivity contribution is 5.25. The number of hydrogen-bond donors (Lipinski definition) is 1. The summed E-state index contributed by atoms with van der Waals surface area (Å²) in [4.78, 5) is 0. The summed E-state index contributed by atoms with van der Waals surface area (Å²) in [5, 5.41) is 7.86. The van der Waals surface area contributed by atoms with Crippen LogP contribution in [-0.2, 0) is 13.5 Å². The van der Waals surface area contributed by atoms with Gasteiger partial charge in [0.25, 0.3) is 0 Å². The molecule has 0 saturated carbocycles. The van der Waals surface area contributed by atoms with Crippen molar-refractivity contribution in [1.29, 1.82) is 0 Å². The number of nitrogens with one attached hydrogen (secondary N) is 1. The minimum atomic E-state index is 0.606. The van der Waals surface area contributed by atoms with E-state index < -0.39 is 0 Å². The first-order valence-electron chi connectivity index (χ1n) is 7.01. The van der Waals surface area contributed by atoms with Crippen molar-refractivity contribution in [2.75, 3.05) is 13.7 Å². The van der Waals surface area contributed by atoms with Crippen molar-refractivity contribution < 1.29 is 4.74 Å². The molecule has 0 spiro atoms. The molecule has 0 radical (unpaired) electrons. The van der Waals surface area contributed by atoms with Crippen LogP contribution in [0.25, 0.3) is 0 Å². The monoisotopic (exact) mass is 253 g/mol. The first kappa shape index (κ1) is 15.0. The minimum absolute atomic E-state index is 0.606. The summed E-state index contributed by atoms with van der Waals surface area (Å²) in [6, 6.07) is 0.606. The zero-order chi connectivity index (χ0) is 13.4. The molecule has 0 aliphatic heterocycles. The van der Waals surface area contributed by atoms with E-state index >= 15 is 0 Å². The summed E-state index contributed by atoms with van der Waals surface area (Å²) < 4.78 is 7.25. The lowest BCUT2D eigenvalue weighted by Crippen LogP contribution is -2.30. The van der Waals surface area contributed by atoms with Crippen LogP contribution in [0.1, 0.15) is 45.2 Å². The fraction of sp³-hybridized carbons (Fsp3) is 0.786. The minimum Gasteiger partial charge on any atom is -0.493 e. The van der Waals surface area contributed by atoms with E-state index in [1.807, 2.05) is 11.7 Å². The second-order valence-corrected chi connectivity index (χ2v) is 4.76. The van der Waals surface area contributed by atoms with Crippen LogP contribution in [-0.4, -0.2) is 29.5 Å². The van der Waals surface area contributed by atoms with Crippen LogP contribution in [0.2, 0.25) is 0 Å². The summed E-state index contributed by atoms with van der Waals surface area (Å²) in [7, 11) is 3.69. The molecule has 4 nitrogen and oxygen atoms in total. The van der Waals surface area contributed by atoms with E-state index in [1.165, 1.54) is 25.0 Å². The van der Waals surface area contributed by atoms with Gasteiger partial charge in [-0.1, -0.05) is 20.3 Å². The summed E-state index contributed by atoms with van der Waals surface area (Å²) in [5.41, 5.74) is 1.19. The van der Waals surface area contributed by atoms with Crippen molar-refractivity contribution in [2.24, 2.45) is 7.05 Å². The number of aromatic nitrogens is 2. The maximum atomic E-state index is 5.34. The molecule has 1 aromatic heterocycles. The van der Waals surface area contributed by atoms with Crippen LogP contribution in [0.4, 0.5) is 0 Å². The number of rotatable bonds is 9. The van der Waals surface area contributed by atoms with Gasteiger partial charge in [-0.25, -0.2) is 0 Å². The van der Waals surface area contributed by atoms with Gasteiger partial charge in [0.2, 0.25) is 0 Å². The lowest BCUT2D eigenvalue weighted by Gasteiger charge is -2.18. The molecule has 0 saturated heterocycles. The van der Waals surface area contributed by atoms with Gasteiger partial charge in [-0.3, -0.25) is 4.68 Å². The molecule has 0 amide bonds. The van der Waals surface area contributed by atoms with Crippen molar-refractivity contribution in [3.63, 3.8) is 0 Å². The highest BCUT2D eigenvalue weighted by atomic mass is 16.5. The first-order valence-corrected chi connectivity index (χ1v) is 7.01. The Morgan fingerprint density at radius 1 is 1.33 bits per heavy atom. The number of nitrogens with zero attached hydrogens (tertiary/aromatic N) is 2. The van der Waals surface area contributed by atoms with E-state index in [0.717, 1.165) is 25.1 Å². The number of aryl methyl sites for hydroxylation is 1. The van der Waals surface area contributed by atoms with Crippen LogP contribution in [0.15, 0.2) is 6.20 Å². The van der Waals surface area contributed by atoms with E-state index in [9.17, 15) is 0 Å². The van der Waals surface area contributed by atoms with Crippen molar-refractivity contribution in [2.45, 2.75) is 52.0 Å². The van der Waals surface area contributed by atoms with Crippen LogP contribution in [0.3, 0.4) is 0 Å². The molecule has 0 aromatic carbocycles. The molecule has 0 aliphatic rings. The van der Waals surface area contributed by atoms with Gasteiger partial charge in [-0.2, -0.15) is 5.10 Å². The standard InChI is InChI=1S/C14H27N3O/c1-5-7-12(15-10-6-2)8-9-13-14(18-4)11-16-17(13)3/h11-12,15H,5-10H2,1-4H3. The Bertz CT molecular complexity index is 336. The summed E-state index contributed by atoms with van der Waals surface area (Å²) in [6.07, 6.45) is 7.60. The van der Waals surface area contributed by atoms with Gasteiger partial charge >= 0.3 is 0 Å². The highest BCUT2D eigenvalue weighted by Gasteiger charge is 2.12. The zero-order valence-corrected chi connectivity index (χ0v) is 12.2. The smallest absolute Gasteiger partial charge is 0.159 e. The average Bonchev–Trinajstić information content (AvgIpc) is 2.73. The molecule has 1 unspecified atom stereocenters. The third-order valence-electron chi connectivity index (χ3n) is 3.29. The van der Waals surface area contributed by atoms with E-state index in [-0.39, 0.29) is 0 Å². The molecule has 1 atom stereocenters. The molecule has 1 N–H and O–H groups in total. The molecule has 0 bridgehead atoms. The number of methoxy groups -OCH3 is 1. The third kappa shape index (κ3) is 4.33. The van der Waals surface area contributed by atoms with E-state index in [4.69, 9.17) is 4.74 Å². The third-order valence-corrected chi connectivity index (χ3v) is 3.29. The maximum absolute atomic E-state index is 5.34. The number of hydrogen-bond acceptors (Lipinski definition) is 3. The Balaban J connectivity index is 2.51. The summed E-state index contributed by atoms with van der Waals surface area (Å²) in [5.74, 6) is 0.906. The maximum Gasteiger partial charge on any atom is 0.159 e. The van der Waals surface area contributed by atoms with Crippen LogP contribution in [0.5, 0.6) is 5.75 Å². The predicted octanol–water partition coefficient (Wildman–Crippen LogP) is 2.53. The Kier molecular flexibility index (Phi) is 6.80. The van der Waals surface area contributed by atoms with Crippen LogP contribution < -0.4 is 10.1 Å². The van der Waals surface area contributed by atoms with Crippen molar-refractivity contribution in [1.82, 2.24) is 15.1 Å². The fourth-order valence-electron chi connectivity index (χ4n) is 2.25. The Morgan fingerprint density at radius 3 is 2.72 bits per heavy atom. The molecule has 1 aromatic rings. The van der Waals surface area contributed by atoms with E-state index in [2.05, 4.69) is 24.3 Å². The van der Waals surface area contributed by atoms with Gasteiger partial charge in [0.1, 0.15) is 0 Å². The predicted molar refractivity (Wildman–Crippen MR) is 75.1 cm³/mol. The van der Waals surface area contributed by atoms with Gasteiger partial charge in [0.05, 0.1) is 19.0 Å². The van der Waals surface area contributed by atoms with Crippen molar-refractivity contribution >= 4 is 0 Å². The zero-order valence-electron chi connectivity index (χ0n) is 12.2. The largest absolute Gasteiger partial charge is 0.493 e. The fourth-order valence-corrected chi connectivity index (χ4v) is 2.25. The van der Waals surface area contributed by atoms with Crippen molar-refractivity contribution in [3.05, 3.63) is 11.9 Å². The highest BCUT2D eigenvalue weighted by Crippen LogP contribution is 2.19. The average molecular weight is 253 g/mol. The molecule has 1 rings (SSSR count). The Morgan fingerprint density at radius 2 is 2.11 bits per heavy atom.